The normalized spacial score (nSPS) is 14.5. The fraction of sp³-hybridized carbons (Fsp3) is 0.455. The summed E-state index contributed by atoms with van der Waals surface area (Å²) in [4.78, 5) is 25.0. The molecule has 0 spiro atoms. The minimum Gasteiger partial charge on any atom is -0.493 e. The van der Waals surface area contributed by atoms with E-state index < -0.39 is 0 Å². The fourth-order valence-electron chi connectivity index (χ4n) is 3.94. The molecule has 0 amide bonds. The lowest BCUT2D eigenvalue weighted by Crippen LogP contribution is -2.47. The highest BCUT2D eigenvalue weighted by Crippen LogP contribution is 2.36. The van der Waals surface area contributed by atoms with E-state index in [-0.39, 0.29) is 5.97 Å². The molecule has 1 fully saturated rings. The second kappa shape index (κ2) is 9.82. The van der Waals surface area contributed by atoms with Gasteiger partial charge in [0.2, 0.25) is 0 Å². The SMILES string of the molecule is CCOC(=O)CCN1CCN(c2c(-c3ccc(OC)c(OC)c3)cnc3ncnn23)CC1. The molecular formula is C22H28N6O4. The van der Waals surface area contributed by atoms with E-state index in [1.54, 1.807) is 18.7 Å². The largest absolute Gasteiger partial charge is 0.493 e. The first-order chi connectivity index (χ1) is 15.6. The molecular weight excluding hydrogens is 412 g/mol. The van der Waals surface area contributed by atoms with Crippen molar-refractivity contribution in [2.75, 3.05) is 58.5 Å². The minimum atomic E-state index is -0.149. The Bertz CT molecular complexity index is 1080. The van der Waals surface area contributed by atoms with Gasteiger partial charge < -0.3 is 19.1 Å². The smallest absolute Gasteiger partial charge is 0.307 e. The zero-order valence-electron chi connectivity index (χ0n) is 18.7. The first-order valence-electron chi connectivity index (χ1n) is 10.7. The van der Waals surface area contributed by atoms with Crippen LogP contribution in [0.3, 0.4) is 0 Å². The van der Waals surface area contributed by atoms with E-state index in [2.05, 4.69) is 24.9 Å². The predicted octanol–water partition coefficient (Wildman–Crippen LogP) is 1.88. The lowest BCUT2D eigenvalue weighted by Gasteiger charge is -2.36. The van der Waals surface area contributed by atoms with Crippen LogP contribution in [0.1, 0.15) is 13.3 Å². The van der Waals surface area contributed by atoms with Crippen LogP contribution in [-0.4, -0.2) is 84.0 Å². The maximum Gasteiger partial charge on any atom is 0.307 e. The molecule has 170 valence electrons. The van der Waals surface area contributed by atoms with Crippen LogP contribution in [0, 0.1) is 0 Å². The van der Waals surface area contributed by atoms with Crippen LogP contribution in [0.2, 0.25) is 0 Å². The number of rotatable bonds is 8. The quantitative estimate of drug-likeness (QED) is 0.487. The molecule has 1 aromatic carbocycles. The van der Waals surface area contributed by atoms with Crippen LogP contribution in [0.15, 0.2) is 30.7 Å². The van der Waals surface area contributed by atoms with Gasteiger partial charge in [0.05, 0.1) is 27.2 Å². The monoisotopic (exact) mass is 440 g/mol. The van der Waals surface area contributed by atoms with Gasteiger partial charge in [0.15, 0.2) is 11.5 Å². The zero-order chi connectivity index (χ0) is 22.5. The fourth-order valence-corrected chi connectivity index (χ4v) is 3.94. The maximum atomic E-state index is 11.7. The Balaban J connectivity index is 1.59. The third kappa shape index (κ3) is 4.45. The first kappa shape index (κ1) is 21.8. The van der Waals surface area contributed by atoms with Crippen molar-refractivity contribution in [2.24, 2.45) is 0 Å². The first-order valence-corrected chi connectivity index (χ1v) is 10.7. The molecule has 0 unspecified atom stereocenters. The van der Waals surface area contributed by atoms with E-state index in [0.717, 1.165) is 43.1 Å². The van der Waals surface area contributed by atoms with Crippen molar-refractivity contribution in [3.05, 3.63) is 30.7 Å². The van der Waals surface area contributed by atoms with Crippen LogP contribution in [-0.2, 0) is 9.53 Å². The molecule has 0 N–H and O–H groups in total. The van der Waals surface area contributed by atoms with Crippen LogP contribution in [0.5, 0.6) is 11.5 Å². The lowest BCUT2D eigenvalue weighted by atomic mass is 10.1. The molecule has 0 atom stereocenters. The predicted molar refractivity (Wildman–Crippen MR) is 119 cm³/mol. The van der Waals surface area contributed by atoms with E-state index in [4.69, 9.17) is 14.2 Å². The molecule has 4 rings (SSSR count). The van der Waals surface area contributed by atoms with Crippen molar-refractivity contribution >= 4 is 17.6 Å². The summed E-state index contributed by atoms with van der Waals surface area (Å²) in [6.07, 6.45) is 3.75. The molecule has 1 saturated heterocycles. The number of benzene rings is 1. The van der Waals surface area contributed by atoms with Crippen LogP contribution < -0.4 is 14.4 Å². The minimum absolute atomic E-state index is 0.149. The molecule has 3 aromatic rings. The summed E-state index contributed by atoms with van der Waals surface area (Å²) in [6, 6.07) is 5.81. The molecule has 10 heteroatoms. The third-order valence-electron chi connectivity index (χ3n) is 5.58. The van der Waals surface area contributed by atoms with Gasteiger partial charge in [0.1, 0.15) is 12.1 Å². The average molecular weight is 441 g/mol. The molecule has 2 aromatic heterocycles. The molecule has 0 saturated carbocycles. The number of methoxy groups -OCH3 is 2. The van der Waals surface area contributed by atoms with Crippen molar-refractivity contribution in [1.82, 2.24) is 24.5 Å². The van der Waals surface area contributed by atoms with Gasteiger partial charge in [-0.3, -0.25) is 9.69 Å². The summed E-state index contributed by atoms with van der Waals surface area (Å²) < 4.78 is 17.7. The summed E-state index contributed by atoms with van der Waals surface area (Å²) in [7, 11) is 3.24. The van der Waals surface area contributed by atoms with Crippen molar-refractivity contribution in [3.63, 3.8) is 0 Å². The van der Waals surface area contributed by atoms with Gasteiger partial charge in [-0.1, -0.05) is 6.07 Å². The number of carbonyl (C=O) groups is 1. The highest BCUT2D eigenvalue weighted by atomic mass is 16.5. The molecule has 32 heavy (non-hydrogen) atoms. The summed E-state index contributed by atoms with van der Waals surface area (Å²) in [5.41, 5.74) is 1.89. The lowest BCUT2D eigenvalue weighted by molar-refractivity contribution is -0.143. The highest BCUT2D eigenvalue weighted by Gasteiger charge is 2.24. The Morgan fingerprint density at radius 3 is 2.56 bits per heavy atom. The van der Waals surface area contributed by atoms with Crippen molar-refractivity contribution < 1.29 is 19.0 Å². The topological polar surface area (TPSA) is 94.3 Å². The Morgan fingerprint density at radius 2 is 1.84 bits per heavy atom. The van der Waals surface area contributed by atoms with Crippen LogP contribution in [0.4, 0.5) is 5.82 Å². The van der Waals surface area contributed by atoms with E-state index in [9.17, 15) is 4.79 Å². The van der Waals surface area contributed by atoms with Crippen LogP contribution >= 0.6 is 0 Å². The van der Waals surface area contributed by atoms with Gasteiger partial charge in [-0.15, -0.1) is 0 Å². The third-order valence-corrected chi connectivity index (χ3v) is 5.58. The average Bonchev–Trinajstić information content (AvgIpc) is 3.31. The van der Waals surface area contributed by atoms with E-state index in [1.165, 1.54) is 6.33 Å². The van der Waals surface area contributed by atoms with Gasteiger partial charge in [0.25, 0.3) is 5.78 Å². The molecule has 0 radical (unpaired) electrons. The standard InChI is InChI=1S/C22H28N6O4/c1-4-32-20(29)7-8-26-9-11-27(12-10-26)21-17(14-23-22-24-15-25-28(21)22)16-5-6-18(30-2)19(13-16)31-3/h5-6,13-15H,4,7-12H2,1-3H3. The zero-order valence-corrected chi connectivity index (χ0v) is 18.7. The number of aromatic nitrogens is 4. The van der Waals surface area contributed by atoms with Gasteiger partial charge in [-0.05, 0) is 24.6 Å². The Morgan fingerprint density at radius 1 is 1.06 bits per heavy atom. The van der Waals surface area contributed by atoms with Crippen molar-refractivity contribution in [3.8, 4) is 22.6 Å². The summed E-state index contributed by atoms with van der Waals surface area (Å²) >= 11 is 0. The van der Waals surface area contributed by atoms with E-state index in [1.807, 2.05) is 31.3 Å². The Hall–Kier alpha value is -3.40. The number of nitrogens with zero attached hydrogens (tertiary/aromatic N) is 6. The van der Waals surface area contributed by atoms with Crippen molar-refractivity contribution in [1.29, 1.82) is 0 Å². The van der Waals surface area contributed by atoms with E-state index >= 15 is 0 Å². The number of anilines is 1. The molecule has 10 nitrogen and oxygen atoms in total. The number of fused-ring (bicyclic) bond motifs is 1. The molecule has 3 heterocycles. The molecule has 0 aliphatic carbocycles. The number of piperazine rings is 1. The van der Waals surface area contributed by atoms with Gasteiger partial charge in [0, 0.05) is 44.5 Å². The van der Waals surface area contributed by atoms with Crippen LogP contribution in [0.25, 0.3) is 16.9 Å². The van der Waals surface area contributed by atoms with Gasteiger partial charge >= 0.3 is 5.97 Å². The van der Waals surface area contributed by atoms with Gasteiger partial charge in [-0.25, -0.2) is 4.98 Å². The Labute approximate surface area is 186 Å². The summed E-state index contributed by atoms with van der Waals surface area (Å²) in [5, 5.41) is 4.43. The highest BCUT2D eigenvalue weighted by molar-refractivity contribution is 5.78. The number of esters is 1. The second-order valence-corrected chi connectivity index (χ2v) is 7.42. The van der Waals surface area contributed by atoms with Crippen molar-refractivity contribution in [2.45, 2.75) is 13.3 Å². The van der Waals surface area contributed by atoms with Gasteiger partial charge in [-0.2, -0.15) is 14.6 Å². The number of hydrogen-bond acceptors (Lipinski definition) is 9. The number of ether oxygens (including phenoxy) is 3. The van der Waals surface area contributed by atoms with E-state index in [0.29, 0.717) is 36.8 Å². The number of hydrogen-bond donors (Lipinski definition) is 0. The summed E-state index contributed by atoms with van der Waals surface area (Å²) in [6.45, 7) is 6.20. The summed E-state index contributed by atoms with van der Waals surface area (Å²) in [5.74, 6) is 2.66. The molecule has 1 aliphatic heterocycles. The maximum absolute atomic E-state index is 11.7. The number of carbonyl (C=O) groups excluding carboxylic acids is 1. The second-order valence-electron chi connectivity index (χ2n) is 7.42. The molecule has 1 aliphatic rings. The molecule has 0 bridgehead atoms. The Kier molecular flexibility index (Phi) is 6.69.